The Kier molecular flexibility index (Phi) is 10.3. The van der Waals surface area contributed by atoms with Gasteiger partial charge in [0.15, 0.2) is 11.5 Å². The Morgan fingerprint density at radius 2 is 1.70 bits per heavy atom. The normalized spacial score (nSPS) is 21.4. The Hall–Kier alpha value is -3.37. The standard InChI is InChI=1S/C37H41NO6S2/c1-38-37(25-4-3-5-26(39)18-25)44-34-20-28(41)13-7-24-11-17-33(42)36(43-2)35(24)30-16-10-22-6-12-27(40)19-31(22)32(30)21-45-46-29-14-8-23(34)9-15-29/h3-6,10-12,16-19,23,29,34,37-40,42H,7-9,13-15,20-21H2,1-2H3/t23?,29?,34-,37-/m1/s1. The van der Waals surface area contributed by atoms with Gasteiger partial charge in [0, 0.05) is 29.4 Å². The van der Waals surface area contributed by atoms with Crippen LogP contribution < -0.4 is 10.1 Å². The maximum Gasteiger partial charge on any atom is 0.168 e. The van der Waals surface area contributed by atoms with Crippen LogP contribution in [0.5, 0.6) is 23.0 Å². The molecule has 4 aromatic rings. The minimum Gasteiger partial charge on any atom is -0.508 e. The van der Waals surface area contributed by atoms with Crippen molar-refractivity contribution < 1.29 is 29.6 Å². The highest BCUT2D eigenvalue weighted by Gasteiger charge is 2.33. The molecule has 4 N–H and O–H groups in total. The number of carbonyl (C=O) groups is 1. The molecule has 242 valence electrons. The summed E-state index contributed by atoms with van der Waals surface area (Å²) in [5.74, 6) is 1.89. The zero-order valence-electron chi connectivity index (χ0n) is 26.2. The summed E-state index contributed by atoms with van der Waals surface area (Å²) in [6.07, 6.45) is 4.45. The fourth-order valence-corrected chi connectivity index (χ4v) is 9.80. The molecule has 2 heterocycles. The molecule has 9 heteroatoms. The maximum atomic E-state index is 13.8. The van der Waals surface area contributed by atoms with Crippen molar-refractivity contribution in [2.24, 2.45) is 5.92 Å². The van der Waals surface area contributed by atoms with Crippen LogP contribution in [0.4, 0.5) is 0 Å². The number of aryl methyl sites for hydroxylation is 1. The number of fused-ring (bicyclic) bond motifs is 9. The summed E-state index contributed by atoms with van der Waals surface area (Å²) in [5.41, 5.74) is 4.52. The van der Waals surface area contributed by atoms with Gasteiger partial charge >= 0.3 is 0 Å². The van der Waals surface area contributed by atoms with Crippen molar-refractivity contribution in [2.45, 2.75) is 68.3 Å². The smallest absolute Gasteiger partial charge is 0.168 e. The number of phenolic OH excluding ortho intramolecular Hbond substituents is 3. The van der Waals surface area contributed by atoms with Crippen LogP contribution >= 0.6 is 21.6 Å². The van der Waals surface area contributed by atoms with E-state index in [-0.39, 0.29) is 35.1 Å². The molecule has 0 radical (unpaired) electrons. The van der Waals surface area contributed by atoms with Gasteiger partial charge in [0.2, 0.25) is 0 Å². The Labute approximate surface area is 278 Å². The second-order valence-corrected chi connectivity index (χ2v) is 14.9. The van der Waals surface area contributed by atoms with Crippen LogP contribution in [0.3, 0.4) is 0 Å². The summed E-state index contributed by atoms with van der Waals surface area (Å²) in [5, 5.41) is 37.1. The third-order valence-electron chi connectivity index (χ3n) is 9.31. The molecule has 1 fully saturated rings. The Morgan fingerprint density at radius 1 is 0.913 bits per heavy atom. The predicted molar refractivity (Wildman–Crippen MR) is 187 cm³/mol. The van der Waals surface area contributed by atoms with Gasteiger partial charge in [-0.1, -0.05) is 58.0 Å². The molecule has 0 unspecified atom stereocenters. The van der Waals surface area contributed by atoms with E-state index >= 15 is 0 Å². The molecule has 0 amide bonds. The van der Waals surface area contributed by atoms with Gasteiger partial charge in [-0.2, -0.15) is 0 Å². The van der Waals surface area contributed by atoms with E-state index in [1.54, 1.807) is 37.4 Å². The van der Waals surface area contributed by atoms with E-state index in [0.29, 0.717) is 36.0 Å². The summed E-state index contributed by atoms with van der Waals surface area (Å²) >= 11 is 0. The first-order valence-corrected chi connectivity index (χ1v) is 18.3. The van der Waals surface area contributed by atoms with E-state index in [1.165, 1.54) is 0 Å². The number of methoxy groups -OCH3 is 1. The Morgan fingerprint density at radius 3 is 2.46 bits per heavy atom. The first-order chi connectivity index (χ1) is 22.3. The molecular weight excluding hydrogens is 619 g/mol. The molecule has 4 aromatic carbocycles. The summed E-state index contributed by atoms with van der Waals surface area (Å²) in [4.78, 5) is 13.8. The van der Waals surface area contributed by atoms with Crippen LogP contribution in [-0.4, -0.2) is 46.6 Å². The van der Waals surface area contributed by atoms with Gasteiger partial charge in [0.05, 0.1) is 13.2 Å². The highest BCUT2D eigenvalue weighted by atomic mass is 33.1. The highest BCUT2D eigenvalue weighted by Crippen LogP contribution is 2.47. The van der Waals surface area contributed by atoms with Crippen LogP contribution in [0.15, 0.2) is 66.7 Å². The molecule has 2 atom stereocenters. The van der Waals surface area contributed by atoms with Crippen LogP contribution in [0.1, 0.15) is 61.4 Å². The molecule has 1 saturated carbocycles. The van der Waals surface area contributed by atoms with Crippen LogP contribution in [0.25, 0.3) is 21.9 Å². The zero-order chi connectivity index (χ0) is 32.2. The molecule has 7 rings (SSSR count). The summed E-state index contributed by atoms with van der Waals surface area (Å²) in [6.45, 7) is 0. The van der Waals surface area contributed by atoms with Crippen molar-refractivity contribution in [1.29, 1.82) is 0 Å². The number of hydrogen-bond acceptors (Lipinski definition) is 9. The predicted octanol–water partition coefficient (Wildman–Crippen LogP) is 8.28. The molecule has 46 heavy (non-hydrogen) atoms. The zero-order valence-corrected chi connectivity index (χ0v) is 27.8. The molecule has 1 aliphatic carbocycles. The van der Waals surface area contributed by atoms with Crippen LogP contribution in [0, 0.1) is 5.92 Å². The quantitative estimate of drug-likeness (QED) is 0.124. The molecule has 2 aliphatic heterocycles. The SMILES string of the molecule is CN[C@H](O[C@@H]1CC(=O)CCc2ccc(O)c(OC)c2-c2ccc3ccc(O)cc3c2CSSC2CCC1CC2)c1cccc(O)c1. The van der Waals surface area contributed by atoms with E-state index in [2.05, 4.69) is 11.4 Å². The van der Waals surface area contributed by atoms with Gasteiger partial charge < -0.3 is 24.8 Å². The van der Waals surface area contributed by atoms with Crippen molar-refractivity contribution in [2.75, 3.05) is 14.2 Å². The number of carbonyl (C=O) groups excluding carboxylic acids is 1. The highest BCUT2D eigenvalue weighted by molar-refractivity contribution is 8.76. The lowest BCUT2D eigenvalue weighted by Crippen LogP contribution is -2.35. The van der Waals surface area contributed by atoms with Gasteiger partial charge in [0.25, 0.3) is 0 Å². The van der Waals surface area contributed by atoms with Crippen molar-refractivity contribution in [1.82, 2.24) is 5.32 Å². The number of phenols is 3. The maximum absolute atomic E-state index is 13.8. The van der Waals surface area contributed by atoms with Crippen LogP contribution in [-0.2, 0) is 21.7 Å². The first kappa shape index (κ1) is 32.6. The fraction of sp³-hybridized carbons (Fsp3) is 0.378. The molecule has 7 nitrogen and oxygen atoms in total. The van der Waals surface area contributed by atoms with Crippen molar-refractivity contribution >= 4 is 38.1 Å². The number of Topliss-reactive ketones (excluding diaryl/α,β-unsaturated/α-hetero) is 1. The van der Waals surface area contributed by atoms with Gasteiger partial charge in [-0.3, -0.25) is 10.1 Å². The average molecular weight is 660 g/mol. The Balaban J connectivity index is 1.37. The van der Waals surface area contributed by atoms with Crippen molar-refractivity contribution in [3.63, 3.8) is 0 Å². The lowest BCUT2D eigenvalue weighted by atomic mass is 9.82. The van der Waals surface area contributed by atoms with E-state index < -0.39 is 6.23 Å². The molecular formula is C37H41NO6S2. The van der Waals surface area contributed by atoms with E-state index in [1.807, 2.05) is 59.0 Å². The van der Waals surface area contributed by atoms with Gasteiger partial charge in [-0.05, 0) is 108 Å². The number of ketones is 1. The average Bonchev–Trinajstić information content (AvgIpc) is 3.06. The van der Waals surface area contributed by atoms with Gasteiger partial charge in [-0.25, -0.2) is 0 Å². The number of ether oxygens (including phenoxy) is 2. The minimum absolute atomic E-state index is 0.0433. The number of nitrogens with one attached hydrogen (secondary N) is 1. The fourth-order valence-electron chi connectivity index (χ4n) is 6.93. The lowest BCUT2D eigenvalue weighted by molar-refractivity contribution is -0.127. The van der Waals surface area contributed by atoms with Gasteiger partial charge in [0.1, 0.15) is 23.5 Å². The first-order valence-electron chi connectivity index (χ1n) is 15.9. The minimum atomic E-state index is -0.447. The molecule has 2 bridgehead atoms. The van der Waals surface area contributed by atoms with Crippen molar-refractivity contribution in [3.05, 3.63) is 83.4 Å². The number of aromatic hydroxyl groups is 3. The second kappa shape index (κ2) is 14.6. The van der Waals surface area contributed by atoms with Crippen molar-refractivity contribution in [3.8, 4) is 34.1 Å². The lowest BCUT2D eigenvalue weighted by Gasteiger charge is -2.35. The van der Waals surface area contributed by atoms with E-state index in [4.69, 9.17) is 9.47 Å². The largest absolute Gasteiger partial charge is 0.508 e. The van der Waals surface area contributed by atoms with E-state index in [0.717, 1.165) is 64.3 Å². The monoisotopic (exact) mass is 659 g/mol. The Bertz CT molecular complexity index is 1700. The van der Waals surface area contributed by atoms with E-state index in [9.17, 15) is 20.1 Å². The topological polar surface area (TPSA) is 108 Å². The third-order valence-corrected chi connectivity index (χ3v) is 12.2. The summed E-state index contributed by atoms with van der Waals surface area (Å²) in [7, 11) is 7.13. The molecule has 0 aromatic heterocycles. The molecule has 0 spiro atoms. The molecule has 3 aliphatic rings. The summed E-state index contributed by atoms with van der Waals surface area (Å²) in [6, 6.07) is 20.1. The number of benzene rings is 4. The van der Waals surface area contributed by atoms with Crippen LogP contribution in [0.2, 0.25) is 0 Å². The molecule has 0 saturated heterocycles. The summed E-state index contributed by atoms with van der Waals surface area (Å²) < 4.78 is 12.5. The third kappa shape index (κ3) is 7.13. The second-order valence-electron chi connectivity index (χ2n) is 12.2. The van der Waals surface area contributed by atoms with Gasteiger partial charge in [-0.15, -0.1) is 0 Å². The number of hydrogen-bond donors (Lipinski definition) is 4. The number of rotatable bonds is 5.